The Morgan fingerprint density at radius 2 is 1.43 bits per heavy atom. The Morgan fingerprint density at radius 3 is 2.07 bits per heavy atom. The minimum absolute atomic E-state index is 0.0144. The normalized spacial score (nSPS) is 19.3. The first-order valence-corrected chi connectivity index (χ1v) is 15.3. The molecule has 3 fully saturated rings. The molecule has 44 heavy (non-hydrogen) atoms. The Kier molecular flexibility index (Phi) is 9.29. The van der Waals surface area contributed by atoms with Crippen molar-refractivity contribution in [1.29, 1.82) is 0 Å². The van der Waals surface area contributed by atoms with Crippen molar-refractivity contribution in [1.82, 2.24) is 24.8 Å². The highest BCUT2D eigenvalue weighted by Gasteiger charge is 2.28. The second-order valence-electron chi connectivity index (χ2n) is 11.7. The molecule has 0 aliphatic carbocycles. The van der Waals surface area contributed by atoms with Crippen LogP contribution in [0.5, 0.6) is 0 Å². The number of amides is 3. The third-order valence-electron chi connectivity index (χ3n) is 8.49. The lowest BCUT2D eigenvalue weighted by molar-refractivity contribution is 0.0783. The third-order valence-corrected chi connectivity index (χ3v) is 8.49. The van der Waals surface area contributed by atoms with E-state index in [1.807, 2.05) is 43.3 Å². The zero-order valence-electron chi connectivity index (χ0n) is 25.4. The minimum atomic E-state index is -0.373. The molecule has 0 radical (unpaired) electrons. The van der Waals surface area contributed by atoms with Crippen molar-refractivity contribution < 1.29 is 19.1 Å². The summed E-state index contributed by atoms with van der Waals surface area (Å²) in [6, 6.07) is 14.5. The Balaban J connectivity index is 1.09. The zero-order valence-corrected chi connectivity index (χ0v) is 25.4. The predicted molar refractivity (Wildman–Crippen MR) is 168 cm³/mol. The van der Waals surface area contributed by atoms with Gasteiger partial charge in [-0.3, -0.25) is 4.79 Å². The monoisotopic (exact) mass is 600 g/mol. The number of rotatable bonds is 7. The van der Waals surface area contributed by atoms with E-state index < -0.39 is 0 Å². The molecule has 1 atom stereocenters. The van der Waals surface area contributed by atoms with Crippen LogP contribution in [-0.2, 0) is 9.47 Å². The van der Waals surface area contributed by atoms with Gasteiger partial charge in [-0.05, 0) is 81.9 Å². The Hall–Kier alpha value is -4.13. The molecule has 0 unspecified atom stereocenters. The maximum absolute atomic E-state index is 12.9. The molecule has 3 saturated heterocycles. The molecule has 6 rings (SSSR count). The Morgan fingerprint density at radius 1 is 0.795 bits per heavy atom. The molecule has 232 valence electrons. The fourth-order valence-corrected chi connectivity index (χ4v) is 5.78. The molecule has 3 amide bonds. The van der Waals surface area contributed by atoms with Gasteiger partial charge in [-0.15, -0.1) is 0 Å². The Bertz CT molecular complexity index is 1400. The van der Waals surface area contributed by atoms with Crippen molar-refractivity contribution in [2.75, 3.05) is 82.2 Å². The topological polar surface area (TPSA) is 125 Å². The van der Waals surface area contributed by atoms with Crippen LogP contribution in [-0.4, -0.2) is 109 Å². The Labute approximate surface area is 257 Å². The largest absolute Gasteiger partial charge is 0.381 e. The number of hydrogen-bond acceptors (Lipinski definition) is 9. The molecule has 0 spiro atoms. The lowest BCUT2D eigenvalue weighted by atomic mass is 9.99. The molecular weight excluding hydrogens is 560 g/mol. The van der Waals surface area contributed by atoms with Crippen LogP contribution < -0.4 is 15.5 Å². The van der Waals surface area contributed by atoms with E-state index in [1.165, 1.54) is 0 Å². The van der Waals surface area contributed by atoms with Gasteiger partial charge in [-0.25, -0.2) is 9.78 Å². The zero-order chi connectivity index (χ0) is 30.5. The van der Waals surface area contributed by atoms with Crippen molar-refractivity contribution in [2.24, 2.45) is 0 Å². The van der Waals surface area contributed by atoms with E-state index in [0.717, 1.165) is 56.8 Å². The number of nitrogens with one attached hydrogen (secondary N) is 2. The molecule has 4 heterocycles. The van der Waals surface area contributed by atoms with Crippen LogP contribution in [0, 0.1) is 0 Å². The minimum Gasteiger partial charge on any atom is -0.381 e. The van der Waals surface area contributed by atoms with E-state index in [9.17, 15) is 9.59 Å². The number of ether oxygens (including phenoxy) is 2. The number of carbonyl (C=O) groups is 2. The molecule has 2 aromatic carbocycles. The van der Waals surface area contributed by atoms with E-state index >= 15 is 0 Å². The van der Waals surface area contributed by atoms with Crippen molar-refractivity contribution in [2.45, 2.75) is 31.2 Å². The van der Waals surface area contributed by atoms with Gasteiger partial charge in [0.25, 0.3) is 5.91 Å². The molecule has 12 nitrogen and oxygen atoms in total. The fraction of sp³-hybridized carbons (Fsp3) is 0.469. The summed E-state index contributed by atoms with van der Waals surface area (Å²) in [6.45, 7) is 5.67. The molecular formula is C32H40N8O4. The number of anilines is 3. The van der Waals surface area contributed by atoms with Crippen molar-refractivity contribution in [3.05, 3.63) is 59.9 Å². The molecule has 0 bridgehead atoms. The molecule has 12 heteroatoms. The summed E-state index contributed by atoms with van der Waals surface area (Å²) in [5.41, 5.74) is 2.69. The number of carbonyl (C=O) groups excluding carboxylic acids is 2. The maximum atomic E-state index is 12.9. The lowest BCUT2D eigenvalue weighted by Gasteiger charge is -2.28. The highest BCUT2D eigenvalue weighted by atomic mass is 16.5. The number of urea groups is 1. The van der Waals surface area contributed by atoms with Crippen LogP contribution in [0.1, 0.15) is 41.4 Å². The molecule has 1 aromatic heterocycles. The van der Waals surface area contributed by atoms with Crippen molar-refractivity contribution in [3.8, 4) is 11.4 Å². The van der Waals surface area contributed by atoms with Gasteiger partial charge in [0.15, 0.2) is 5.82 Å². The van der Waals surface area contributed by atoms with Crippen LogP contribution in [0.3, 0.4) is 0 Å². The molecule has 3 aliphatic rings. The summed E-state index contributed by atoms with van der Waals surface area (Å²) < 4.78 is 11.1. The number of nitrogens with zero attached hydrogens (tertiary/aromatic N) is 6. The number of aromatic nitrogens is 3. The number of hydrogen-bond donors (Lipinski definition) is 2. The second-order valence-corrected chi connectivity index (χ2v) is 11.7. The van der Waals surface area contributed by atoms with Gasteiger partial charge >= 0.3 is 6.03 Å². The third kappa shape index (κ3) is 7.15. The van der Waals surface area contributed by atoms with E-state index in [4.69, 9.17) is 24.4 Å². The quantitative estimate of drug-likeness (QED) is 0.418. The van der Waals surface area contributed by atoms with Crippen LogP contribution in [0.25, 0.3) is 11.4 Å². The average Bonchev–Trinajstić information content (AvgIpc) is 3.57. The maximum Gasteiger partial charge on any atom is 0.323 e. The average molecular weight is 601 g/mol. The van der Waals surface area contributed by atoms with Gasteiger partial charge in [-0.2, -0.15) is 9.97 Å². The highest BCUT2D eigenvalue weighted by Crippen LogP contribution is 2.28. The van der Waals surface area contributed by atoms with Crippen molar-refractivity contribution in [3.63, 3.8) is 0 Å². The van der Waals surface area contributed by atoms with E-state index in [1.54, 1.807) is 24.3 Å². The number of likely N-dealkylation sites (N-methyl/N-ethyl adjacent to an activating group) is 1. The summed E-state index contributed by atoms with van der Waals surface area (Å²) in [4.78, 5) is 46.4. The van der Waals surface area contributed by atoms with Crippen LogP contribution in [0.15, 0.2) is 48.5 Å². The summed E-state index contributed by atoms with van der Waals surface area (Å²) in [7, 11) is 4.08. The smallest absolute Gasteiger partial charge is 0.323 e. The standard InChI is InChI=1S/C32H40N8O4/c1-38(2)27-11-14-40(21-27)30(41)24-5-9-26(10-6-24)34-32(42)33-25-7-3-22(4-8-25)28-35-29(23-12-17-43-18-13-23)37-31(36-28)39-15-19-44-20-16-39/h3-10,23,27H,11-21H2,1-2H3,(H2,33,34,42)/t27-/m0/s1. The first-order chi connectivity index (χ1) is 21.4. The predicted octanol–water partition coefficient (Wildman–Crippen LogP) is 3.69. The van der Waals surface area contributed by atoms with Crippen LogP contribution in [0.2, 0.25) is 0 Å². The van der Waals surface area contributed by atoms with Gasteiger partial charge in [0.2, 0.25) is 5.95 Å². The number of morpholine rings is 1. The van der Waals surface area contributed by atoms with Gasteiger partial charge in [0, 0.05) is 73.9 Å². The van der Waals surface area contributed by atoms with E-state index in [0.29, 0.717) is 61.2 Å². The summed E-state index contributed by atoms with van der Waals surface area (Å²) in [6.07, 6.45) is 2.75. The summed E-state index contributed by atoms with van der Waals surface area (Å²) in [5.74, 6) is 2.33. The number of likely N-dealkylation sites (tertiary alicyclic amines) is 1. The first kappa shape index (κ1) is 29.9. The number of benzene rings is 2. The van der Waals surface area contributed by atoms with Gasteiger partial charge in [-0.1, -0.05) is 0 Å². The molecule has 0 saturated carbocycles. The van der Waals surface area contributed by atoms with E-state index in [-0.39, 0.29) is 17.9 Å². The molecule has 2 N–H and O–H groups in total. The summed E-state index contributed by atoms with van der Waals surface area (Å²) in [5, 5.41) is 5.72. The van der Waals surface area contributed by atoms with Gasteiger partial charge < -0.3 is 34.8 Å². The van der Waals surface area contributed by atoms with Crippen LogP contribution in [0.4, 0.5) is 22.1 Å². The van der Waals surface area contributed by atoms with Crippen LogP contribution >= 0.6 is 0 Å². The van der Waals surface area contributed by atoms with Crippen molar-refractivity contribution >= 4 is 29.3 Å². The first-order valence-electron chi connectivity index (χ1n) is 15.3. The van der Waals surface area contributed by atoms with Gasteiger partial charge in [0.1, 0.15) is 5.82 Å². The summed E-state index contributed by atoms with van der Waals surface area (Å²) >= 11 is 0. The highest BCUT2D eigenvalue weighted by molar-refractivity contribution is 6.00. The van der Waals surface area contributed by atoms with Gasteiger partial charge in [0.05, 0.1) is 13.2 Å². The SMILES string of the molecule is CN(C)[C@H]1CCN(C(=O)c2ccc(NC(=O)Nc3ccc(-c4nc(C5CCOCC5)nc(N5CCOCC5)n4)cc3)cc2)C1. The lowest BCUT2D eigenvalue weighted by Crippen LogP contribution is -2.37. The second kappa shape index (κ2) is 13.7. The molecule has 3 aromatic rings. The van der Waals surface area contributed by atoms with E-state index in [2.05, 4.69) is 20.4 Å². The fourth-order valence-electron chi connectivity index (χ4n) is 5.78. The molecule has 3 aliphatic heterocycles.